The summed E-state index contributed by atoms with van der Waals surface area (Å²) in [6, 6.07) is 0. The number of rotatable bonds is 25. The van der Waals surface area contributed by atoms with Gasteiger partial charge in [-0.05, 0) is 124 Å². The van der Waals surface area contributed by atoms with Gasteiger partial charge in [-0.2, -0.15) is 0 Å². The number of ether oxygens (including phenoxy) is 3. The molecule has 3 N–H and O–H groups in total. The summed E-state index contributed by atoms with van der Waals surface area (Å²) in [4.78, 5) is 12.6. The van der Waals surface area contributed by atoms with Crippen LogP contribution in [0.25, 0.3) is 0 Å². The number of allylic oxidation sites excluding steroid dienone is 3. The van der Waals surface area contributed by atoms with Gasteiger partial charge < -0.3 is 29.5 Å². The van der Waals surface area contributed by atoms with Crippen molar-refractivity contribution in [3.8, 4) is 0 Å². The van der Waals surface area contributed by atoms with Crippen LogP contribution in [-0.4, -0.2) is 64.7 Å². The highest BCUT2D eigenvalue weighted by atomic mass is 16.7. The monoisotopic (exact) mass is 841 g/mol. The van der Waals surface area contributed by atoms with Gasteiger partial charge in [0.15, 0.2) is 6.29 Å². The van der Waals surface area contributed by atoms with Crippen molar-refractivity contribution in [1.82, 2.24) is 0 Å². The third kappa shape index (κ3) is 12.7. The van der Waals surface area contributed by atoms with E-state index in [4.69, 9.17) is 14.2 Å². The lowest BCUT2D eigenvalue weighted by Gasteiger charge is -2.58. The van der Waals surface area contributed by atoms with Gasteiger partial charge in [0.25, 0.3) is 0 Å². The van der Waals surface area contributed by atoms with Gasteiger partial charge in [-0.3, -0.25) is 4.79 Å². The predicted octanol–water partition coefficient (Wildman–Crippen LogP) is 12.6. The third-order valence-electron chi connectivity index (χ3n) is 17.2. The maximum atomic E-state index is 12.6. The maximum Gasteiger partial charge on any atom is 0.305 e. The van der Waals surface area contributed by atoms with Gasteiger partial charge in [0.1, 0.15) is 31.0 Å². The molecule has 5 rings (SSSR count). The average Bonchev–Trinajstić information content (AvgIpc) is 3.59. The molecule has 0 spiro atoms. The fourth-order valence-corrected chi connectivity index (χ4v) is 13.3. The first-order valence-corrected chi connectivity index (χ1v) is 25.7. The molecule has 4 fully saturated rings. The zero-order valence-corrected chi connectivity index (χ0v) is 39.6. The van der Waals surface area contributed by atoms with Crippen molar-refractivity contribution in [2.24, 2.45) is 46.3 Å². The molecule has 13 atom stereocenters. The summed E-state index contributed by atoms with van der Waals surface area (Å²) in [6.07, 6.45) is 29.7. The van der Waals surface area contributed by atoms with Gasteiger partial charge in [0, 0.05) is 6.42 Å². The van der Waals surface area contributed by atoms with Crippen LogP contribution in [0.2, 0.25) is 0 Å². The Morgan fingerprint density at radius 2 is 1.43 bits per heavy atom. The lowest BCUT2D eigenvalue weighted by molar-refractivity contribution is -0.313. The van der Waals surface area contributed by atoms with Gasteiger partial charge in [0.2, 0.25) is 0 Å². The third-order valence-corrected chi connectivity index (χ3v) is 17.2. The molecule has 0 amide bonds. The number of hydrogen-bond acceptors (Lipinski definition) is 7. The molecule has 60 heavy (non-hydrogen) atoms. The average molecular weight is 841 g/mol. The summed E-state index contributed by atoms with van der Waals surface area (Å²) in [6.45, 7) is 16.7. The number of aliphatic hydroxyl groups is 3. The number of carbonyl (C=O) groups excluding carboxylic acids is 1. The Morgan fingerprint density at radius 3 is 2.05 bits per heavy atom. The van der Waals surface area contributed by atoms with E-state index in [-0.39, 0.29) is 24.1 Å². The Kier molecular flexibility index (Phi) is 20.0. The van der Waals surface area contributed by atoms with Crippen molar-refractivity contribution < 1.29 is 34.3 Å². The first-order valence-electron chi connectivity index (χ1n) is 25.7. The Labute approximate surface area is 367 Å². The number of fused-ring (bicyclic) bond motifs is 5. The molecule has 346 valence electrons. The van der Waals surface area contributed by atoms with Crippen molar-refractivity contribution in [3.63, 3.8) is 0 Å². The SMILES string of the molecule is CC=C(CCC(C)C1CCC2C3CC=C4CC(OC5OC(COC(=O)CCCCCCCCCCCCCCCCC)C(O)C(O)C5O)CCC4(C)C3CCC12C)C(C)C. The molecule has 1 heterocycles. The summed E-state index contributed by atoms with van der Waals surface area (Å²) in [5.41, 5.74) is 3.71. The maximum absolute atomic E-state index is 12.6. The number of aliphatic hydroxyl groups excluding tert-OH is 3. The molecule has 1 saturated heterocycles. The Balaban J connectivity index is 1.01. The molecule has 0 aromatic carbocycles. The van der Waals surface area contributed by atoms with E-state index >= 15 is 0 Å². The molecule has 3 saturated carbocycles. The molecule has 4 aliphatic carbocycles. The molecule has 0 aromatic heterocycles. The van der Waals surface area contributed by atoms with Crippen LogP contribution >= 0.6 is 0 Å². The van der Waals surface area contributed by atoms with Crippen molar-refractivity contribution >= 4 is 5.97 Å². The lowest BCUT2D eigenvalue weighted by Crippen LogP contribution is -2.60. The Hall–Kier alpha value is -1.25. The highest BCUT2D eigenvalue weighted by Gasteiger charge is 2.59. The predicted molar refractivity (Wildman–Crippen MR) is 244 cm³/mol. The quantitative estimate of drug-likeness (QED) is 0.0477. The van der Waals surface area contributed by atoms with Crippen LogP contribution in [0.4, 0.5) is 0 Å². The summed E-state index contributed by atoms with van der Waals surface area (Å²) >= 11 is 0. The zero-order chi connectivity index (χ0) is 43.3. The van der Waals surface area contributed by atoms with Crippen molar-refractivity contribution in [3.05, 3.63) is 23.3 Å². The number of carbonyl (C=O) groups is 1. The normalized spacial score (nSPS) is 36.0. The van der Waals surface area contributed by atoms with Gasteiger partial charge in [-0.15, -0.1) is 0 Å². The first kappa shape index (κ1) is 49.8. The summed E-state index contributed by atoms with van der Waals surface area (Å²) < 4.78 is 18.1. The van der Waals surface area contributed by atoms with Crippen LogP contribution in [0.5, 0.6) is 0 Å². The largest absolute Gasteiger partial charge is 0.463 e. The van der Waals surface area contributed by atoms with Crippen LogP contribution in [0.3, 0.4) is 0 Å². The Bertz CT molecular complexity index is 1340. The topological polar surface area (TPSA) is 105 Å². The Morgan fingerprint density at radius 1 is 0.800 bits per heavy atom. The van der Waals surface area contributed by atoms with Crippen LogP contribution in [0, 0.1) is 46.3 Å². The second-order valence-electron chi connectivity index (χ2n) is 21.4. The van der Waals surface area contributed by atoms with Crippen LogP contribution in [0.15, 0.2) is 23.3 Å². The van der Waals surface area contributed by atoms with Gasteiger partial charge in [-0.25, -0.2) is 0 Å². The summed E-state index contributed by atoms with van der Waals surface area (Å²) in [5, 5.41) is 32.5. The summed E-state index contributed by atoms with van der Waals surface area (Å²) in [5.74, 6) is 4.14. The summed E-state index contributed by atoms with van der Waals surface area (Å²) in [7, 11) is 0. The van der Waals surface area contributed by atoms with Crippen LogP contribution in [0.1, 0.15) is 215 Å². The van der Waals surface area contributed by atoms with Crippen molar-refractivity contribution in [1.29, 1.82) is 0 Å². The van der Waals surface area contributed by atoms with E-state index in [1.807, 2.05) is 0 Å². The molecular formula is C53H92O7. The second kappa shape index (κ2) is 24.2. The molecule has 1 aliphatic heterocycles. The molecule has 0 bridgehead atoms. The number of unbranched alkanes of at least 4 members (excludes halogenated alkanes) is 14. The van der Waals surface area contributed by atoms with E-state index in [9.17, 15) is 20.1 Å². The molecule has 13 unspecified atom stereocenters. The van der Waals surface area contributed by atoms with E-state index in [1.165, 1.54) is 121 Å². The van der Waals surface area contributed by atoms with Gasteiger partial charge in [0.05, 0.1) is 6.10 Å². The molecule has 7 heteroatoms. The fraction of sp³-hybridized carbons (Fsp3) is 0.906. The van der Waals surface area contributed by atoms with E-state index in [2.05, 4.69) is 60.6 Å². The number of hydrogen-bond donors (Lipinski definition) is 3. The highest BCUT2D eigenvalue weighted by Crippen LogP contribution is 2.67. The zero-order valence-electron chi connectivity index (χ0n) is 39.6. The second-order valence-corrected chi connectivity index (χ2v) is 21.4. The van der Waals surface area contributed by atoms with Crippen LogP contribution < -0.4 is 0 Å². The molecule has 5 aliphatic rings. The molecule has 0 aromatic rings. The minimum absolute atomic E-state index is 0.144. The highest BCUT2D eigenvalue weighted by molar-refractivity contribution is 5.69. The smallest absolute Gasteiger partial charge is 0.305 e. The van der Waals surface area contributed by atoms with Gasteiger partial charge in [-0.1, -0.05) is 155 Å². The minimum atomic E-state index is -1.44. The van der Waals surface area contributed by atoms with Crippen LogP contribution in [-0.2, 0) is 19.0 Å². The lowest BCUT2D eigenvalue weighted by atomic mass is 9.47. The van der Waals surface area contributed by atoms with E-state index in [1.54, 1.807) is 5.57 Å². The van der Waals surface area contributed by atoms with E-state index < -0.39 is 30.7 Å². The molecule has 7 nitrogen and oxygen atoms in total. The van der Waals surface area contributed by atoms with Crippen molar-refractivity contribution in [2.75, 3.05) is 6.61 Å². The van der Waals surface area contributed by atoms with E-state index in [0.717, 1.165) is 68.6 Å². The van der Waals surface area contributed by atoms with Gasteiger partial charge >= 0.3 is 5.97 Å². The standard InChI is InChI=1S/C53H92O7/c1-8-10-11-12-13-14-15-16-17-18-19-20-21-22-23-24-47(54)58-36-46-48(55)49(56)50(57)51(60-46)59-41-31-33-52(6)40(35-41)27-28-42-44-30-29-43(53(44,7)34-32-45(42)52)38(5)25-26-39(9-2)37(3)4/h9,27,37-38,41-46,48-51,55-57H,8,10-26,28-36H2,1-7H3. The fourth-order valence-electron chi connectivity index (χ4n) is 13.3. The molecular weight excluding hydrogens is 749 g/mol. The minimum Gasteiger partial charge on any atom is -0.463 e. The number of esters is 1. The van der Waals surface area contributed by atoms with E-state index in [0.29, 0.717) is 23.7 Å². The van der Waals surface area contributed by atoms with Crippen molar-refractivity contribution in [2.45, 2.75) is 252 Å². The molecule has 0 radical (unpaired) electrons. The first-order chi connectivity index (χ1) is 28.8.